The first kappa shape index (κ1) is 19.1. The van der Waals surface area contributed by atoms with Gasteiger partial charge in [0.05, 0.1) is 6.42 Å². The van der Waals surface area contributed by atoms with Gasteiger partial charge in [-0.15, -0.1) is 0 Å². The predicted molar refractivity (Wildman–Crippen MR) is 95.2 cm³/mol. The first-order valence-electron chi connectivity index (χ1n) is 8.26. The molecule has 0 saturated heterocycles. The highest BCUT2D eigenvalue weighted by Gasteiger charge is 2.28. The van der Waals surface area contributed by atoms with E-state index < -0.39 is 5.97 Å². The number of carbonyl (C=O) groups excluding carboxylic acids is 2. The van der Waals surface area contributed by atoms with E-state index in [9.17, 15) is 9.59 Å². The summed E-state index contributed by atoms with van der Waals surface area (Å²) in [4.78, 5) is 23.9. The van der Waals surface area contributed by atoms with Gasteiger partial charge in [-0.1, -0.05) is 56.0 Å². The zero-order valence-corrected chi connectivity index (χ0v) is 15.5. The van der Waals surface area contributed by atoms with Gasteiger partial charge in [0, 0.05) is 21.7 Å². The molecular formula is C18H23Cl2NO3. The Labute approximate surface area is 152 Å². The van der Waals surface area contributed by atoms with Crippen LogP contribution in [-0.4, -0.2) is 24.5 Å². The Morgan fingerprint density at radius 3 is 2.54 bits per heavy atom. The molecule has 4 nitrogen and oxygen atoms in total. The minimum atomic E-state index is -0.523. The first-order chi connectivity index (χ1) is 11.4. The Morgan fingerprint density at radius 2 is 1.88 bits per heavy atom. The van der Waals surface area contributed by atoms with Crippen LogP contribution >= 0.6 is 23.2 Å². The van der Waals surface area contributed by atoms with E-state index in [1.54, 1.807) is 18.2 Å². The summed E-state index contributed by atoms with van der Waals surface area (Å²) in [6.07, 6.45) is 3.23. The van der Waals surface area contributed by atoms with Crippen molar-refractivity contribution in [1.82, 2.24) is 5.32 Å². The maximum atomic E-state index is 12.0. The van der Waals surface area contributed by atoms with E-state index >= 15 is 0 Å². The minimum Gasteiger partial charge on any atom is -0.455 e. The van der Waals surface area contributed by atoms with Crippen LogP contribution in [0.4, 0.5) is 0 Å². The van der Waals surface area contributed by atoms with E-state index in [4.69, 9.17) is 27.9 Å². The summed E-state index contributed by atoms with van der Waals surface area (Å²) in [5, 5.41) is 3.79. The van der Waals surface area contributed by atoms with Gasteiger partial charge < -0.3 is 10.1 Å². The van der Waals surface area contributed by atoms with Gasteiger partial charge in [-0.2, -0.15) is 0 Å². The van der Waals surface area contributed by atoms with E-state index in [1.807, 2.05) is 0 Å². The normalized spacial score (nSPS) is 23.6. The summed E-state index contributed by atoms with van der Waals surface area (Å²) >= 11 is 12.0. The quantitative estimate of drug-likeness (QED) is 0.795. The number of rotatable bonds is 5. The lowest BCUT2D eigenvalue weighted by Gasteiger charge is -2.34. The predicted octanol–water partition coefficient (Wildman–Crippen LogP) is 4.02. The lowest BCUT2D eigenvalue weighted by molar-refractivity contribution is -0.148. The number of ether oxygens (including phenoxy) is 1. The molecule has 0 aromatic heterocycles. The van der Waals surface area contributed by atoms with E-state index in [1.165, 1.54) is 6.42 Å². The maximum Gasteiger partial charge on any atom is 0.310 e. The fourth-order valence-corrected chi connectivity index (χ4v) is 3.61. The zero-order valence-electron chi connectivity index (χ0n) is 14.0. The fraction of sp³-hybridized carbons (Fsp3) is 0.556. The molecule has 0 unspecified atom stereocenters. The summed E-state index contributed by atoms with van der Waals surface area (Å²) in [6.45, 7) is 4.08. The van der Waals surface area contributed by atoms with Crippen LogP contribution in [0.25, 0.3) is 0 Å². The Hall–Kier alpha value is -1.26. The van der Waals surface area contributed by atoms with Crippen molar-refractivity contribution in [1.29, 1.82) is 0 Å². The van der Waals surface area contributed by atoms with Gasteiger partial charge in [-0.25, -0.2) is 0 Å². The lowest BCUT2D eigenvalue weighted by Crippen LogP contribution is -2.45. The molecule has 0 radical (unpaired) electrons. The van der Waals surface area contributed by atoms with Gasteiger partial charge in [0.1, 0.15) is 0 Å². The van der Waals surface area contributed by atoms with Crippen LogP contribution in [0.2, 0.25) is 10.0 Å². The van der Waals surface area contributed by atoms with Gasteiger partial charge in [-0.05, 0) is 30.4 Å². The molecule has 1 N–H and O–H groups in total. The third-order valence-corrected chi connectivity index (χ3v) is 5.51. The maximum absolute atomic E-state index is 12.0. The van der Waals surface area contributed by atoms with E-state index in [0.29, 0.717) is 27.4 Å². The standard InChI is InChI=1S/C18H23Cl2NO3/c1-11-5-3-8-16(12(11)2)21-17(22)10-24-18(23)9-13-14(19)6-4-7-15(13)20/h4,6-7,11-12,16H,3,5,8-10H2,1-2H3,(H,21,22)/t11-,12+,16+/m0/s1. The van der Waals surface area contributed by atoms with Crippen LogP contribution in [0.15, 0.2) is 18.2 Å². The Morgan fingerprint density at radius 1 is 1.21 bits per heavy atom. The summed E-state index contributed by atoms with van der Waals surface area (Å²) in [6, 6.07) is 5.18. The van der Waals surface area contributed by atoms with Crippen molar-refractivity contribution in [3.05, 3.63) is 33.8 Å². The molecule has 1 aromatic rings. The number of hydrogen-bond acceptors (Lipinski definition) is 3. The third-order valence-electron chi connectivity index (χ3n) is 4.80. The average molecular weight is 372 g/mol. The lowest BCUT2D eigenvalue weighted by atomic mass is 9.78. The summed E-state index contributed by atoms with van der Waals surface area (Å²) in [7, 11) is 0. The van der Waals surface area contributed by atoms with Crippen molar-refractivity contribution in [2.75, 3.05) is 6.61 Å². The Bertz CT molecular complexity index is 586. The Kier molecular flexibility index (Phi) is 6.93. The van der Waals surface area contributed by atoms with Gasteiger partial charge in [-0.3, -0.25) is 9.59 Å². The third kappa shape index (κ3) is 5.12. The van der Waals surface area contributed by atoms with Crippen molar-refractivity contribution in [3.63, 3.8) is 0 Å². The SMILES string of the molecule is C[C@@H]1[C@@H](C)CCC[C@H]1NC(=O)COC(=O)Cc1c(Cl)cccc1Cl. The van der Waals surface area contributed by atoms with Crippen molar-refractivity contribution in [2.45, 2.75) is 45.6 Å². The molecule has 0 heterocycles. The molecule has 1 aromatic carbocycles. The number of esters is 1. The highest BCUT2D eigenvalue weighted by atomic mass is 35.5. The summed E-state index contributed by atoms with van der Waals surface area (Å²) in [5.41, 5.74) is 0.515. The topological polar surface area (TPSA) is 55.4 Å². The monoisotopic (exact) mass is 371 g/mol. The molecule has 1 saturated carbocycles. The number of hydrogen-bond donors (Lipinski definition) is 1. The van der Waals surface area contributed by atoms with Crippen LogP contribution in [0.5, 0.6) is 0 Å². The van der Waals surface area contributed by atoms with Crippen molar-refractivity contribution in [2.24, 2.45) is 11.8 Å². The molecule has 0 aliphatic heterocycles. The number of nitrogens with one attached hydrogen (secondary N) is 1. The molecule has 6 heteroatoms. The van der Waals surface area contributed by atoms with Crippen LogP contribution < -0.4 is 5.32 Å². The second-order valence-corrected chi connectivity index (χ2v) is 7.29. The molecule has 1 aliphatic carbocycles. The number of carbonyl (C=O) groups is 2. The van der Waals surface area contributed by atoms with Crippen molar-refractivity contribution < 1.29 is 14.3 Å². The molecule has 1 fully saturated rings. The van der Waals surface area contributed by atoms with Crippen molar-refractivity contribution >= 4 is 35.1 Å². The minimum absolute atomic E-state index is 0.0529. The van der Waals surface area contributed by atoms with Gasteiger partial charge in [0.25, 0.3) is 5.91 Å². The van der Waals surface area contributed by atoms with Crippen molar-refractivity contribution in [3.8, 4) is 0 Å². The van der Waals surface area contributed by atoms with E-state index in [2.05, 4.69) is 19.2 Å². The van der Waals surface area contributed by atoms with Crippen LogP contribution in [0.1, 0.15) is 38.7 Å². The molecule has 1 amide bonds. The van der Waals surface area contributed by atoms with Crippen LogP contribution in [-0.2, 0) is 20.7 Å². The molecule has 132 valence electrons. The number of halogens is 2. The molecular weight excluding hydrogens is 349 g/mol. The second kappa shape index (κ2) is 8.72. The van der Waals surface area contributed by atoms with Crippen LogP contribution in [0.3, 0.4) is 0 Å². The largest absolute Gasteiger partial charge is 0.455 e. The number of benzene rings is 1. The molecule has 24 heavy (non-hydrogen) atoms. The number of amides is 1. The average Bonchev–Trinajstić information content (AvgIpc) is 2.53. The molecule has 0 spiro atoms. The molecule has 1 aliphatic rings. The smallest absolute Gasteiger partial charge is 0.310 e. The molecule has 0 bridgehead atoms. The van der Waals surface area contributed by atoms with Gasteiger partial charge >= 0.3 is 5.97 Å². The highest BCUT2D eigenvalue weighted by Crippen LogP contribution is 2.29. The second-order valence-electron chi connectivity index (χ2n) is 6.48. The molecule has 2 rings (SSSR count). The van der Waals surface area contributed by atoms with Gasteiger partial charge in [0.15, 0.2) is 6.61 Å². The van der Waals surface area contributed by atoms with E-state index in [-0.39, 0.29) is 25.0 Å². The van der Waals surface area contributed by atoms with E-state index in [0.717, 1.165) is 12.8 Å². The first-order valence-corrected chi connectivity index (χ1v) is 9.02. The Balaban J connectivity index is 1.80. The highest BCUT2D eigenvalue weighted by molar-refractivity contribution is 6.36. The fourth-order valence-electron chi connectivity index (χ4n) is 3.08. The van der Waals surface area contributed by atoms with Crippen LogP contribution in [0, 0.1) is 11.8 Å². The summed E-state index contributed by atoms with van der Waals surface area (Å²) in [5.74, 6) is 0.235. The zero-order chi connectivity index (χ0) is 17.7. The summed E-state index contributed by atoms with van der Waals surface area (Å²) < 4.78 is 5.05. The molecule has 3 atom stereocenters. The van der Waals surface area contributed by atoms with Gasteiger partial charge in [0.2, 0.25) is 0 Å².